The van der Waals surface area contributed by atoms with Gasteiger partial charge in [-0.1, -0.05) is 260 Å². The molecule has 0 bridgehead atoms. The van der Waals surface area contributed by atoms with Crippen LogP contribution in [-0.2, 0) is 0 Å². The number of thiocarbonyl (C=S) groups is 6. The lowest BCUT2D eigenvalue weighted by Gasteiger charge is -2.36. The zero-order valence-electron chi connectivity index (χ0n) is 53.1. The number of benzene rings is 10. The number of hydrogen-bond donors (Lipinski definition) is 0. The summed E-state index contributed by atoms with van der Waals surface area (Å²) in [6.07, 6.45) is 13.9. The normalized spacial score (nSPS) is 14.9. The third kappa shape index (κ3) is 11.2. The molecule has 0 N–H and O–H groups in total. The van der Waals surface area contributed by atoms with Crippen LogP contribution < -0.4 is 19.6 Å². The van der Waals surface area contributed by atoms with E-state index in [2.05, 4.69) is 181 Å². The first kappa shape index (κ1) is 64.1. The van der Waals surface area contributed by atoms with Gasteiger partial charge in [0.2, 0.25) is 0 Å². The molecular formula is C80H66N6O2S8. The molecule has 8 nitrogen and oxygen atoms in total. The monoisotopic (exact) mass is 1400 g/mol. The SMILES string of the molecule is CCCCCCCCN1C(=O)c2ccc3c4c(ccc(c24)C1=S)C(=S)N(c1ccc(N2c4ccccc4Sc4ccccc42)cc1)C3=S.CCCCCCCCN1C(=O)c2ccc3c4c(ccc(c24)C1=S)C(=S)N(c1ccc(N2c4ccccc4Sc4ccccc42)cc1)C3=S. The first-order valence-corrected chi connectivity index (χ1v) is 37.3. The number of fused-ring (bicyclic) bond motifs is 4. The summed E-state index contributed by atoms with van der Waals surface area (Å²) in [4.78, 5) is 48.4. The van der Waals surface area contributed by atoms with E-state index < -0.39 is 0 Å². The Balaban J connectivity index is 0.000000158. The number of rotatable bonds is 18. The third-order valence-corrected chi connectivity index (χ3v) is 23.8. The van der Waals surface area contributed by atoms with E-state index in [1.165, 1.54) is 70.9 Å². The van der Waals surface area contributed by atoms with E-state index in [4.69, 9.17) is 73.3 Å². The van der Waals surface area contributed by atoms with Crippen LogP contribution in [0.4, 0.5) is 45.5 Å². The summed E-state index contributed by atoms with van der Waals surface area (Å²) in [5.41, 5.74) is 15.3. The average molecular weight is 1400 g/mol. The molecule has 96 heavy (non-hydrogen) atoms. The predicted molar refractivity (Wildman–Crippen MR) is 422 cm³/mol. The minimum Gasteiger partial charge on any atom is -0.308 e. The Labute approximate surface area is 601 Å². The van der Waals surface area contributed by atoms with Crippen LogP contribution in [0.25, 0.3) is 21.5 Å². The molecule has 6 heterocycles. The predicted octanol–water partition coefficient (Wildman–Crippen LogP) is 22.3. The lowest BCUT2D eigenvalue weighted by Crippen LogP contribution is -2.42. The molecule has 0 aliphatic carbocycles. The molecule has 0 radical (unpaired) electrons. The summed E-state index contributed by atoms with van der Waals surface area (Å²) in [6, 6.07) is 67.0. The second-order valence-corrected chi connectivity index (χ2v) is 29.4. The Morgan fingerprint density at radius 2 is 0.510 bits per heavy atom. The highest BCUT2D eigenvalue weighted by molar-refractivity contribution is 8.00. The molecule has 0 saturated heterocycles. The van der Waals surface area contributed by atoms with Crippen molar-refractivity contribution in [2.45, 2.75) is 110 Å². The summed E-state index contributed by atoms with van der Waals surface area (Å²) < 4.78 is 0. The highest BCUT2D eigenvalue weighted by atomic mass is 32.2. The van der Waals surface area contributed by atoms with Crippen molar-refractivity contribution in [1.29, 1.82) is 0 Å². The Bertz CT molecular complexity index is 4390. The van der Waals surface area contributed by atoms with E-state index in [-0.39, 0.29) is 11.8 Å². The van der Waals surface area contributed by atoms with Crippen LogP contribution in [-0.4, -0.2) is 64.6 Å². The average Bonchev–Trinajstić information content (AvgIpc) is 0.721. The molecule has 16 rings (SSSR count). The largest absolute Gasteiger partial charge is 0.308 e. The molecule has 0 fully saturated rings. The molecule has 2 amide bonds. The van der Waals surface area contributed by atoms with Crippen molar-refractivity contribution >= 4 is 206 Å². The van der Waals surface area contributed by atoms with E-state index in [0.717, 1.165) is 126 Å². The number of carbonyl (C=O) groups excluding carboxylic acids is 2. The van der Waals surface area contributed by atoms with Gasteiger partial charge in [-0.2, -0.15) is 0 Å². The van der Waals surface area contributed by atoms with Gasteiger partial charge in [-0.3, -0.25) is 29.2 Å². The quantitative estimate of drug-likeness (QED) is 0.0605. The zero-order chi connectivity index (χ0) is 65.9. The van der Waals surface area contributed by atoms with Crippen LogP contribution in [0, 0.1) is 0 Å². The van der Waals surface area contributed by atoms with Gasteiger partial charge in [0.15, 0.2) is 0 Å². The van der Waals surface area contributed by atoms with E-state index in [0.29, 0.717) is 54.1 Å². The molecule has 0 spiro atoms. The van der Waals surface area contributed by atoms with Gasteiger partial charge >= 0.3 is 0 Å². The second kappa shape index (κ2) is 27.2. The minimum absolute atomic E-state index is 0.0288. The summed E-state index contributed by atoms with van der Waals surface area (Å²) in [6.45, 7) is 5.73. The standard InChI is InChI=1S/2C40H33N3OS4/c2*1-2-3-4-5-6-11-24-41-37(44)27-20-21-29-36-30(23-22-28(35(27)36)38(41)45)40(47)43(39(29)46)26-18-16-25(17-19-26)42-31-12-7-9-14-33(31)48-34-15-10-8-13-32(34)42/h2*7-10,12-23H,2-6,11,24H2,1H3. The van der Waals surface area contributed by atoms with Crippen molar-refractivity contribution in [3.8, 4) is 0 Å². The molecule has 0 unspecified atom stereocenters. The lowest BCUT2D eigenvalue weighted by atomic mass is 9.86. The minimum atomic E-state index is -0.0288. The highest BCUT2D eigenvalue weighted by Crippen LogP contribution is 2.54. The molecule has 0 aromatic heterocycles. The summed E-state index contributed by atoms with van der Waals surface area (Å²) in [7, 11) is 0. The number of nitrogens with zero attached hydrogens (tertiary/aromatic N) is 6. The molecule has 476 valence electrons. The van der Waals surface area contributed by atoms with Gasteiger partial charge in [0.05, 0.1) is 22.7 Å². The van der Waals surface area contributed by atoms with E-state index in [1.807, 2.05) is 46.2 Å². The number of amides is 2. The molecule has 0 saturated carbocycles. The van der Waals surface area contributed by atoms with Gasteiger partial charge in [0.25, 0.3) is 11.8 Å². The van der Waals surface area contributed by atoms with Gasteiger partial charge in [-0.05, 0) is 122 Å². The van der Waals surface area contributed by atoms with Crippen molar-refractivity contribution in [3.63, 3.8) is 0 Å². The molecular weight excluding hydrogens is 1330 g/mol. The fourth-order valence-electron chi connectivity index (χ4n) is 14.3. The maximum Gasteiger partial charge on any atom is 0.259 e. The Hall–Kier alpha value is -7.90. The molecule has 10 aromatic rings. The number of para-hydroxylation sites is 4. The number of anilines is 8. The van der Waals surface area contributed by atoms with Crippen molar-refractivity contribution in [3.05, 3.63) is 239 Å². The molecule has 6 aliphatic heterocycles. The van der Waals surface area contributed by atoms with Gasteiger partial charge < -0.3 is 9.80 Å². The van der Waals surface area contributed by atoms with Gasteiger partial charge in [0, 0.05) is 121 Å². The molecule has 6 aliphatic rings. The van der Waals surface area contributed by atoms with Crippen LogP contribution >= 0.6 is 96.8 Å². The van der Waals surface area contributed by atoms with Gasteiger partial charge in [-0.25, -0.2) is 0 Å². The van der Waals surface area contributed by atoms with Crippen molar-refractivity contribution in [2.75, 3.05) is 32.7 Å². The Morgan fingerprint density at radius 1 is 0.271 bits per heavy atom. The Morgan fingerprint density at radius 3 is 0.812 bits per heavy atom. The first-order valence-electron chi connectivity index (χ1n) is 33.2. The summed E-state index contributed by atoms with van der Waals surface area (Å²) >= 11 is 40.1. The third-order valence-electron chi connectivity index (χ3n) is 19.0. The first-order chi connectivity index (χ1) is 46.9. The van der Waals surface area contributed by atoms with E-state index >= 15 is 0 Å². The van der Waals surface area contributed by atoms with Crippen LogP contribution in [0.2, 0.25) is 0 Å². The molecule has 16 heteroatoms. The highest BCUT2D eigenvalue weighted by Gasteiger charge is 2.39. The Kier molecular flexibility index (Phi) is 18.2. The van der Waals surface area contributed by atoms with E-state index in [9.17, 15) is 9.59 Å². The van der Waals surface area contributed by atoms with Crippen molar-refractivity contribution < 1.29 is 9.59 Å². The number of carbonyl (C=O) groups is 2. The number of unbranched alkanes of at least 4 members (excludes halogenated alkanes) is 10. The molecule has 0 atom stereocenters. The van der Waals surface area contributed by atoms with Gasteiger partial charge in [-0.15, -0.1) is 0 Å². The van der Waals surface area contributed by atoms with Crippen LogP contribution in [0.3, 0.4) is 0 Å². The molecule has 10 aromatic carbocycles. The van der Waals surface area contributed by atoms with Crippen LogP contribution in [0.5, 0.6) is 0 Å². The van der Waals surface area contributed by atoms with Crippen molar-refractivity contribution in [2.24, 2.45) is 0 Å². The zero-order valence-corrected chi connectivity index (χ0v) is 59.7. The topological polar surface area (TPSA) is 53.6 Å². The lowest BCUT2D eigenvalue weighted by molar-refractivity contribution is 0.0839. The van der Waals surface area contributed by atoms with Crippen LogP contribution in [0.15, 0.2) is 214 Å². The fourth-order valence-corrected chi connectivity index (χ4v) is 18.7. The summed E-state index contributed by atoms with van der Waals surface area (Å²) in [5.74, 6) is -0.0576. The fraction of sp³-hybridized carbons (Fsp3) is 0.200. The number of hydrogen-bond acceptors (Lipinski definition) is 12. The van der Waals surface area contributed by atoms with Crippen LogP contribution in [0.1, 0.15) is 145 Å². The van der Waals surface area contributed by atoms with Crippen molar-refractivity contribution in [1.82, 2.24) is 9.80 Å². The maximum atomic E-state index is 13.8. The maximum absolute atomic E-state index is 13.8. The second-order valence-electron chi connectivity index (χ2n) is 24.9. The van der Waals surface area contributed by atoms with E-state index in [1.54, 1.807) is 33.3 Å². The van der Waals surface area contributed by atoms with Gasteiger partial charge in [0.1, 0.15) is 29.9 Å². The summed E-state index contributed by atoms with van der Waals surface area (Å²) in [5, 5.41) is 3.61. The smallest absolute Gasteiger partial charge is 0.259 e.